The molecule has 0 aliphatic carbocycles. The molecule has 0 spiro atoms. The topological polar surface area (TPSA) is 66.2 Å². The third-order valence-corrected chi connectivity index (χ3v) is 5.48. The predicted octanol–water partition coefficient (Wildman–Crippen LogP) is 3.94. The van der Waals surface area contributed by atoms with Gasteiger partial charge in [0.2, 0.25) is 5.16 Å². The van der Waals surface area contributed by atoms with Gasteiger partial charge in [0.1, 0.15) is 5.75 Å². The molecule has 0 aliphatic heterocycles. The fraction of sp³-hybridized carbons (Fsp3) is 0.368. The number of methoxy groups -OCH3 is 1. The lowest BCUT2D eigenvalue weighted by Gasteiger charge is -2.14. The van der Waals surface area contributed by atoms with Crippen LogP contribution in [0.3, 0.4) is 0 Å². The first-order valence-corrected chi connectivity index (χ1v) is 10.1. The van der Waals surface area contributed by atoms with Crippen molar-refractivity contribution in [2.24, 2.45) is 0 Å². The molecule has 156 valence electrons. The van der Waals surface area contributed by atoms with E-state index < -0.39 is 22.3 Å². The Bertz CT molecular complexity index is 1020. The summed E-state index contributed by atoms with van der Waals surface area (Å²) >= 11 is 0. The van der Waals surface area contributed by atoms with Crippen LogP contribution in [0, 0.1) is 6.92 Å². The van der Waals surface area contributed by atoms with Gasteiger partial charge in [0.05, 0.1) is 39.9 Å². The minimum absolute atomic E-state index is 0.0683. The molecule has 0 bridgehead atoms. The van der Waals surface area contributed by atoms with Gasteiger partial charge in [0.15, 0.2) is 0 Å². The summed E-state index contributed by atoms with van der Waals surface area (Å²) in [6.07, 6.45) is -2.57. The Morgan fingerprint density at radius 3 is 2.66 bits per heavy atom. The molecule has 10 heteroatoms. The van der Waals surface area contributed by atoms with E-state index in [-0.39, 0.29) is 21.4 Å². The molecular formula is C19H20F3N3O3S. The first kappa shape index (κ1) is 21.3. The van der Waals surface area contributed by atoms with Gasteiger partial charge < -0.3 is 9.47 Å². The number of pyridine rings is 1. The zero-order valence-electron chi connectivity index (χ0n) is 15.9. The summed E-state index contributed by atoms with van der Waals surface area (Å²) in [4.78, 5) is 8.15. The van der Waals surface area contributed by atoms with Crippen molar-refractivity contribution in [1.29, 1.82) is 0 Å². The largest absolute Gasteiger partial charge is 0.493 e. The van der Waals surface area contributed by atoms with Crippen molar-refractivity contribution in [3.05, 3.63) is 47.8 Å². The number of hydrogen-bond donors (Lipinski definition) is 0. The predicted molar refractivity (Wildman–Crippen MR) is 102 cm³/mol. The second kappa shape index (κ2) is 8.91. The van der Waals surface area contributed by atoms with Gasteiger partial charge in [-0.3, -0.25) is 9.19 Å². The van der Waals surface area contributed by atoms with E-state index in [2.05, 4.69) is 9.97 Å². The molecule has 1 atom stereocenters. The third kappa shape index (κ3) is 4.76. The van der Waals surface area contributed by atoms with Crippen LogP contribution in [-0.2, 0) is 27.6 Å². The van der Waals surface area contributed by atoms with Crippen LogP contribution in [0.15, 0.2) is 41.7 Å². The fourth-order valence-corrected chi connectivity index (χ4v) is 4.11. The first-order chi connectivity index (χ1) is 13.8. The average Bonchev–Trinajstić information content (AvgIpc) is 3.08. The number of rotatable bonds is 8. The molecule has 0 amide bonds. The Labute approximate surface area is 168 Å². The van der Waals surface area contributed by atoms with Crippen LogP contribution >= 0.6 is 0 Å². The molecule has 3 aromatic rings. The number of ether oxygens (including phenoxy) is 2. The van der Waals surface area contributed by atoms with E-state index in [1.165, 1.54) is 24.4 Å². The highest BCUT2D eigenvalue weighted by Crippen LogP contribution is 2.32. The maximum absolute atomic E-state index is 13.6. The Hall–Kier alpha value is -2.46. The lowest BCUT2D eigenvalue weighted by Crippen LogP contribution is -2.20. The van der Waals surface area contributed by atoms with E-state index in [0.29, 0.717) is 36.6 Å². The number of benzene rings is 1. The van der Waals surface area contributed by atoms with Gasteiger partial charge in [-0.05, 0) is 25.1 Å². The van der Waals surface area contributed by atoms with Crippen molar-refractivity contribution >= 4 is 21.8 Å². The maximum Gasteiger partial charge on any atom is 0.491 e. The van der Waals surface area contributed by atoms with E-state index >= 15 is 0 Å². The lowest BCUT2D eigenvalue weighted by molar-refractivity contribution is -0.206. The zero-order valence-corrected chi connectivity index (χ0v) is 16.7. The average molecular weight is 427 g/mol. The van der Waals surface area contributed by atoms with Crippen LogP contribution in [0.2, 0.25) is 0 Å². The normalized spacial score (nSPS) is 13.0. The van der Waals surface area contributed by atoms with E-state index in [0.717, 1.165) is 0 Å². The van der Waals surface area contributed by atoms with E-state index in [9.17, 15) is 17.4 Å². The van der Waals surface area contributed by atoms with Gasteiger partial charge in [0.25, 0.3) is 0 Å². The molecule has 6 nitrogen and oxygen atoms in total. The lowest BCUT2D eigenvalue weighted by atomic mass is 10.2. The second-order valence-electron chi connectivity index (χ2n) is 6.25. The number of hydrogen-bond acceptors (Lipinski definition) is 5. The van der Waals surface area contributed by atoms with E-state index in [1.807, 2.05) is 0 Å². The van der Waals surface area contributed by atoms with E-state index in [4.69, 9.17) is 9.47 Å². The smallest absolute Gasteiger partial charge is 0.491 e. The summed E-state index contributed by atoms with van der Waals surface area (Å²) in [5.74, 6) is 0.341. The Morgan fingerprint density at radius 2 is 1.93 bits per heavy atom. The number of fused-ring (bicyclic) bond motifs is 1. The first-order valence-electron chi connectivity index (χ1n) is 8.82. The zero-order chi connectivity index (χ0) is 21.0. The van der Waals surface area contributed by atoms with Crippen molar-refractivity contribution in [3.8, 4) is 5.75 Å². The molecule has 3 rings (SSSR count). The number of nitrogens with zero attached hydrogens (tertiary/aromatic N) is 3. The molecular weight excluding hydrogens is 407 g/mol. The summed E-state index contributed by atoms with van der Waals surface area (Å²) < 4.78 is 64.3. The second-order valence-corrected chi connectivity index (χ2v) is 7.60. The maximum atomic E-state index is 13.6. The van der Waals surface area contributed by atoms with Gasteiger partial charge in [-0.15, -0.1) is 13.2 Å². The quantitative estimate of drug-likeness (QED) is 0.510. The minimum Gasteiger partial charge on any atom is -0.493 e. The van der Waals surface area contributed by atoms with Crippen molar-refractivity contribution in [2.45, 2.75) is 30.6 Å². The summed E-state index contributed by atoms with van der Waals surface area (Å²) in [6, 6.07) is 7.48. The molecule has 0 saturated heterocycles. The highest BCUT2D eigenvalue weighted by molar-refractivity contribution is 7.84. The highest BCUT2D eigenvalue weighted by atomic mass is 32.2. The van der Waals surface area contributed by atoms with Crippen molar-refractivity contribution in [3.63, 3.8) is 0 Å². The van der Waals surface area contributed by atoms with Gasteiger partial charge in [-0.1, -0.05) is 12.1 Å². The Morgan fingerprint density at radius 1 is 1.17 bits per heavy atom. The molecule has 0 aliphatic rings. The standard InChI is InChI=1S/C19H20F3N3O3S/c1-13-15(23-9-8-17(13)28-11-5-10-27-2)12-29(26)18-24-14-6-3-4-7-16(14)25(18)19(20,21)22/h3-4,6-9H,5,10-12H2,1-2H3. The van der Waals surface area contributed by atoms with Crippen LogP contribution in [-0.4, -0.2) is 39.1 Å². The van der Waals surface area contributed by atoms with Crippen LogP contribution in [0.5, 0.6) is 5.75 Å². The Kier molecular flexibility index (Phi) is 6.53. The SMILES string of the molecule is COCCCOc1ccnc(CS(=O)c2nc3ccccc3n2C(F)(F)F)c1C. The van der Waals surface area contributed by atoms with Crippen molar-refractivity contribution in [2.75, 3.05) is 20.3 Å². The van der Waals surface area contributed by atoms with Gasteiger partial charge in [0, 0.05) is 31.9 Å². The monoisotopic (exact) mass is 427 g/mol. The molecule has 2 heterocycles. The van der Waals surface area contributed by atoms with Crippen LogP contribution in [0.4, 0.5) is 13.2 Å². The van der Waals surface area contributed by atoms with Crippen LogP contribution in [0.1, 0.15) is 17.7 Å². The number of para-hydroxylation sites is 2. The molecule has 0 fully saturated rings. The highest BCUT2D eigenvalue weighted by Gasteiger charge is 2.37. The van der Waals surface area contributed by atoms with E-state index in [1.54, 1.807) is 26.2 Å². The molecule has 0 saturated carbocycles. The number of aromatic nitrogens is 3. The van der Waals surface area contributed by atoms with Gasteiger partial charge in [-0.25, -0.2) is 9.55 Å². The third-order valence-electron chi connectivity index (χ3n) is 4.26. The summed E-state index contributed by atoms with van der Waals surface area (Å²) in [5, 5.41) is -0.550. The Balaban J connectivity index is 1.88. The van der Waals surface area contributed by atoms with Crippen LogP contribution in [0.25, 0.3) is 11.0 Å². The van der Waals surface area contributed by atoms with Crippen molar-refractivity contribution < 1.29 is 26.9 Å². The number of imidazole rings is 1. The van der Waals surface area contributed by atoms with Crippen molar-refractivity contribution in [1.82, 2.24) is 14.5 Å². The molecule has 2 aromatic heterocycles. The molecule has 0 N–H and O–H groups in total. The number of alkyl halides is 3. The molecule has 0 radical (unpaired) electrons. The van der Waals surface area contributed by atoms with Gasteiger partial charge >= 0.3 is 6.30 Å². The molecule has 1 unspecified atom stereocenters. The molecule has 29 heavy (non-hydrogen) atoms. The van der Waals surface area contributed by atoms with Gasteiger partial charge in [-0.2, -0.15) is 0 Å². The summed E-state index contributed by atoms with van der Waals surface area (Å²) in [5.41, 5.74) is 1.03. The minimum atomic E-state index is -4.74. The van der Waals surface area contributed by atoms with Crippen LogP contribution < -0.4 is 4.74 Å². The summed E-state index contributed by atoms with van der Waals surface area (Å²) in [6.45, 7) is 2.71. The molecule has 1 aromatic carbocycles. The summed E-state index contributed by atoms with van der Waals surface area (Å²) in [7, 11) is -0.462. The fourth-order valence-electron chi connectivity index (χ4n) is 2.84. The number of halogens is 3.